The molecule has 2 aromatic rings. The molecule has 6 heteroatoms. The molecule has 2 aromatic carbocycles. The van der Waals surface area contributed by atoms with Crippen LogP contribution in [0.2, 0.25) is 0 Å². The predicted octanol–water partition coefficient (Wildman–Crippen LogP) is 3.02. The molecule has 0 aliphatic carbocycles. The second-order valence-corrected chi connectivity index (χ2v) is 6.30. The summed E-state index contributed by atoms with van der Waals surface area (Å²) in [7, 11) is 0. The Balaban J connectivity index is 1.87. The van der Waals surface area contributed by atoms with Gasteiger partial charge in [0, 0.05) is 0 Å². The lowest BCUT2D eigenvalue weighted by molar-refractivity contribution is -0.126. The molecule has 0 bridgehead atoms. The van der Waals surface area contributed by atoms with Gasteiger partial charge in [-0.05, 0) is 44.0 Å². The van der Waals surface area contributed by atoms with Crippen LogP contribution in [0.5, 0.6) is 11.5 Å². The summed E-state index contributed by atoms with van der Waals surface area (Å²) >= 11 is 0. The number of carbonyl (C=O) groups is 2. The lowest BCUT2D eigenvalue weighted by Crippen LogP contribution is -2.38. The Kier molecular flexibility index (Phi) is 8.34. The standard InChI is InChI=1S/C22H28N2O4/c1-4-27-19-12-11-18(14-20(19)28-5-2)16(3)24-22(26)15-23-21(25)13-17-9-7-6-8-10-17/h6-12,14,16H,4-5,13,15H2,1-3H3,(H,23,25)(H,24,26). The van der Waals surface area contributed by atoms with Crippen LogP contribution in [0, 0.1) is 0 Å². The first-order valence-electron chi connectivity index (χ1n) is 9.53. The number of amides is 2. The summed E-state index contributed by atoms with van der Waals surface area (Å²) in [6.07, 6.45) is 0.250. The molecule has 2 N–H and O–H groups in total. The number of carbonyl (C=O) groups excluding carboxylic acids is 2. The minimum Gasteiger partial charge on any atom is -0.490 e. The second-order valence-electron chi connectivity index (χ2n) is 6.30. The Labute approximate surface area is 166 Å². The van der Waals surface area contributed by atoms with Crippen molar-refractivity contribution in [1.82, 2.24) is 10.6 Å². The van der Waals surface area contributed by atoms with Crippen molar-refractivity contribution >= 4 is 11.8 Å². The van der Waals surface area contributed by atoms with E-state index in [0.29, 0.717) is 24.7 Å². The molecule has 2 amide bonds. The highest BCUT2D eigenvalue weighted by atomic mass is 16.5. The maximum atomic E-state index is 12.2. The fourth-order valence-electron chi connectivity index (χ4n) is 2.74. The lowest BCUT2D eigenvalue weighted by Gasteiger charge is -2.17. The summed E-state index contributed by atoms with van der Waals surface area (Å²) in [6, 6.07) is 14.8. The third-order valence-corrected chi connectivity index (χ3v) is 4.10. The monoisotopic (exact) mass is 384 g/mol. The van der Waals surface area contributed by atoms with Gasteiger partial charge in [-0.25, -0.2) is 0 Å². The van der Waals surface area contributed by atoms with E-state index in [1.807, 2.05) is 69.3 Å². The normalized spacial score (nSPS) is 11.4. The summed E-state index contributed by atoms with van der Waals surface area (Å²) in [5.74, 6) is 0.897. The van der Waals surface area contributed by atoms with Crippen LogP contribution in [0.4, 0.5) is 0 Å². The van der Waals surface area contributed by atoms with E-state index in [1.165, 1.54) is 0 Å². The Morgan fingerprint density at radius 3 is 2.29 bits per heavy atom. The van der Waals surface area contributed by atoms with Gasteiger partial charge in [-0.3, -0.25) is 9.59 Å². The summed E-state index contributed by atoms with van der Waals surface area (Å²) in [4.78, 5) is 24.1. The Morgan fingerprint density at radius 2 is 1.61 bits per heavy atom. The predicted molar refractivity (Wildman–Crippen MR) is 108 cm³/mol. The smallest absolute Gasteiger partial charge is 0.239 e. The molecule has 0 aliphatic heterocycles. The van der Waals surface area contributed by atoms with Crippen molar-refractivity contribution in [1.29, 1.82) is 0 Å². The van der Waals surface area contributed by atoms with Crippen molar-refractivity contribution in [3.8, 4) is 11.5 Å². The first-order chi connectivity index (χ1) is 13.5. The third-order valence-electron chi connectivity index (χ3n) is 4.10. The van der Waals surface area contributed by atoms with Gasteiger partial charge in [0.15, 0.2) is 11.5 Å². The zero-order valence-electron chi connectivity index (χ0n) is 16.7. The van der Waals surface area contributed by atoms with Crippen molar-refractivity contribution < 1.29 is 19.1 Å². The SMILES string of the molecule is CCOc1ccc(C(C)NC(=O)CNC(=O)Cc2ccccc2)cc1OCC. The zero-order valence-corrected chi connectivity index (χ0v) is 16.7. The minimum atomic E-state index is -0.249. The minimum absolute atomic E-state index is 0.0641. The maximum Gasteiger partial charge on any atom is 0.239 e. The Bertz CT molecular complexity index is 777. The van der Waals surface area contributed by atoms with Crippen LogP contribution in [-0.2, 0) is 16.0 Å². The molecule has 0 fully saturated rings. The highest BCUT2D eigenvalue weighted by Gasteiger charge is 2.14. The van der Waals surface area contributed by atoms with Crippen molar-refractivity contribution in [2.24, 2.45) is 0 Å². The summed E-state index contributed by atoms with van der Waals surface area (Å²) in [6.45, 7) is 6.72. The summed E-state index contributed by atoms with van der Waals surface area (Å²) in [5, 5.41) is 5.54. The summed E-state index contributed by atoms with van der Waals surface area (Å²) < 4.78 is 11.2. The third kappa shape index (κ3) is 6.61. The Morgan fingerprint density at radius 1 is 0.929 bits per heavy atom. The van der Waals surface area contributed by atoms with E-state index in [0.717, 1.165) is 11.1 Å². The first kappa shape index (κ1) is 21.3. The molecule has 6 nitrogen and oxygen atoms in total. The van der Waals surface area contributed by atoms with Crippen molar-refractivity contribution in [2.75, 3.05) is 19.8 Å². The van der Waals surface area contributed by atoms with Gasteiger partial charge in [0.25, 0.3) is 0 Å². The van der Waals surface area contributed by atoms with Gasteiger partial charge < -0.3 is 20.1 Å². The van der Waals surface area contributed by atoms with Crippen LogP contribution in [0.25, 0.3) is 0 Å². The van der Waals surface area contributed by atoms with Gasteiger partial charge in [-0.2, -0.15) is 0 Å². The topological polar surface area (TPSA) is 76.7 Å². The van der Waals surface area contributed by atoms with Gasteiger partial charge in [-0.15, -0.1) is 0 Å². The van der Waals surface area contributed by atoms with E-state index in [1.54, 1.807) is 0 Å². The molecule has 0 aliphatic rings. The van der Waals surface area contributed by atoms with Crippen LogP contribution in [0.1, 0.15) is 37.9 Å². The Hall–Kier alpha value is -3.02. The first-order valence-corrected chi connectivity index (χ1v) is 9.53. The van der Waals surface area contributed by atoms with Crippen molar-refractivity contribution in [3.63, 3.8) is 0 Å². The van der Waals surface area contributed by atoms with Gasteiger partial charge in [0.05, 0.1) is 32.2 Å². The van der Waals surface area contributed by atoms with E-state index in [-0.39, 0.29) is 30.8 Å². The largest absolute Gasteiger partial charge is 0.490 e. The fraction of sp³-hybridized carbons (Fsp3) is 0.364. The molecule has 0 radical (unpaired) electrons. The van der Waals surface area contributed by atoms with Crippen LogP contribution >= 0.6 is 0 Å². The van der Waals surface area contributed by atoms with E-state index in [2.05, 4.69) is 10.6 Å². The van der Waals surface area contributed by atoms with Crippen LogP contribution in [0.15, 0.2) is 48.5 Å². The molecule has 1 atom stereocenters. The quantitative estimate of drug-likeness (QED) is 0.660. The number of ether oxygens (including phenoxy) is 2. The van der Waals surface area contributed by atoms with Crippen LogP contribution in [0.3, 0.4) is 0 Å². The van der Waals surface area contributed by atoms with Gasteiger partial charge >= 0.3 is 0 Å². The van der Waals surface area contributed by atoms with Crippen molar-refractivity contribution in [2.45, 2.75) is 33.2 Å². The van der Waals surface area contributed by atoms with Crippen molar-refractivity contribution in [3.05, 3.63) is 59.7 Å². The summed E-state index contributed by atoms with van der Waals surface area (Å²) in [5.41, 5.74) is 1.81. The molecule has 28 heavy (non-hydrogen) atoms. The van der Waals surface area contributed by atoms with E-state index >= 15 is 0 Å². The fourth-order valence-corrected chi connectivity index (χ4v) is 2.74. The van der Waals surface area contributed by atoms with E-state index in [4.69, 9.17) is 9.47 Å². The highest BCUT2D eigenvalue weighted by molar-refractivity contribution is 5.85. The van der Waals surface area contributed by atoms with Gasteiger partial charge in [0.2, 0.25) is 11.8 Å². The number of nitrogens with one attached hydrogen (secondary N) is 2. The molecule has 1 unspecified atom stereocenters. The molecule has 150 valence electrons. The van der Waals surface area contributed by atoms with Gasteiger partial charge in [0.1, 0.15) is 0 Å². The molecular formula is C22H28N2O4. The molecule has 0 heterocycles. The molecule has 0 aromatic heterocycles. The number of hydrogen-bond donors (Lipinski definition) is 2. The molecule has 0 saturated carbocycles. The number of hydrogen-bond acceptors (Lipinski definition) is 4. The van der Waals surface area contributed by atoms with Gasteiger partial charge in [-0.1, -0.05) is 36.4 Å². The van der Waals surface area contributed by atoms with Crippen LogP contribution < -0.4 is 20.1 Å². The molecule has 2 rings (SSSR count). The van der Waals surface area contributed by atoms with Crippen LogP contribution in [-0.4, -0.2) is 31.6 Å². The molecule has 0 spiro atoms. The number of benzene rings is 2. The number of rotatable bonds is 10. The van der Waals surface area contributed by atoms with E-state index in [9.17, 15) is 9.59 Å². The average Bonchev–Trinajstić information content (AvgIpc) is 2.69. The zero-order chi connectivity index (χ0) is 20.4. The molecule has 0 saturated heterocycles. The lowest BCUT2D eigenvalue weighted by atomic mass is 10.1. The maximum absolute atomic E-state index is 12.2. The second kappa shape index (κ2) is 11.0. The van der Waals surface area contributed by atoms with E-state index < -0.39 is 0 Å². The highest BCUT2D eigenvalue weighted by Crippen LogP contribution is 2.30. The molecular weight excluding hydrogens is 356 g/mol. The average molecular weight is 384 g/mol.